The number of fused-ring (bicyclic) bond motifs is 4. The quantitative estimate of drug-likeness (QED) is 0.198. The zero-order chi connectivity index (χ0) is 25.0. The van der Waals surface area contributed by atoms with Gasteiger partial charge in [0.1, 0.15) is 18.3 Å². The van der Waals surface area contributed by atoms with Gasteiger partial charge in [0.25, 0.3) is 0 Å². The molecule has 34 heavy (non-hydrogen) atoms. The van der Waals surface area contributed by atoms with Crippen LogP contribution < -0.4 is 0 Å². The van der Waals surface area contributed by atoms with Gasteiger partial charge in [0, 0.05) is 36.3 Å². The van der Waals surface area contributed by atoms with Crippen molar-refractivity contribution in [3.63, 3.8) is 0 Å². The van der Waals surface area contributed by atoms with Gasteiger partial charge in [-0.1, -0.05) is 18.1 Å². The van der Waals surface area contributed by atoms with Crippen molar-refractivity contribution >= 4 is 17.9 Å². The minimum atomic E-state index is -0.723. The first-order valence-electron chi connectivity index (χ1n) is 12.1. The molecule has 7 heteroatoms. The number of epoxide rings is 1. The molecule has 2 aliphatic carbocycles. The molecule has 2 fully saturated rings. The van der Waals surface area contributed by atoms with Crippen LogP contribution >= 0.6 is 0 Å². The Kier molecular flexibility index (Phi) is 6.30. The van der Waals surface area contributed by atoms with Crippen LogP contribution in [0.25, 0.3) is 0 Å². The van der Waals surface area contributed by atoms with Gasteiger partial charge in [-0.25, -0.2) is 9.59 Å². The molecule has 2 aliphatic heterocycles. The molecule has 0 radical (unpaired) electrons. The molecule has 7 nitrogen and oxygen atoms in total. The second kappa shape index (κ2) is 8.67. The van der Waals surface area contributed by atoms with Crippen LogP contribution in [0.3, 0.4) is 0 Å². The third kappa shape index (κ3) is 4.23. The lowest BCUT2D eigenvalue weighted by Crippen LogP contribution is -2.59. The predicted octanol–water partition coefficient (Wildman–Crippen LogP) is 4.35. The number of carbonyl (C=O) groups is 3. The molecule has 4 aliphatic rings. The van der Waals surface area contributed by atoms with Gasteiger partial charge in [0.15, 0.2) is 0 Å². The van der Waals surface area contributed by atoms with E-state index < -0.39 is 35.3 Å². The summed E-state index contributed by atoms with van der Waals surface area (Å²) in [5, 5.41) is 0. The van der Waals surface area contributed by atoms with Gasteiger partial charge in [-0.15, -0.1) is 0 Å². The molecule has 0 unspecified atom stereocenters. The van der Waals surface area contributed by atoms with Crippen molar-refractivity contribution in [1.82, 2.24) is 0 Å². The standard InChI is InChI=1S/C27H36O7/c1-14(2)10-24(29)33-21-9-8-15(3)11-19-18(16(4)25(30)32-19)12-20-26(21,6)22(31-17(5)28)13-23-27(20,7)34-23/h10-11,19-23H,8-9,12-13H2,1-7H3/t19-,20+,21-,22-,23-,26-,27+/m0/s1. The number of carbonyl (C=O) groups excluding carboxylic acids is 3. The Morgan fingerprint density at radius 2 is 1.82 bits per heavy atom. The highest BCUT2D eigenvalue weighted by atomic mass is 16.6. The van der Waals surface area contributed by atoms with Gasteiger partial charge in [0.2, 0.25) is 0 Å². The molecule has 0 aromatic heterocycles. The topological polar surface area (TPSA) is 91.4 Å². The van der Waals surface area contributed by atoms with Crippen molar-refractivity contribution in [1.29, 1.82) is 0 Å². The highest BCUT2D eigenvalue weighted by molar-refractivity contribution is 5.92. The van der Waals surface area contributed by atoms with Gasteiger partial charge in [-0.05, 0) is 65.5 Å². The lowest BCUT2D eigenvalue weighted by Gasteiger charge is -2.51. The second-order valence-electron chi connectivity index (χ2n) is 10.9. The Labute approximate surface area is 201 Å². The van der Waals surface area contributed by atoms with E-state index in [2.05, 4.69) is 13.8 Å². The SMILES string of the molecule is CC(=O)O[C@H]1C[C@@H]2O[C@]2(C)[C@@H]2CC3=C(C)C(=O)O[C@H]3C=C(C)CC[C@H](OC(=O)C=C(C)C)[C@@]12C. The van der Waals surface area contributed by atoms with Crippen molar-refractivity contribution in [3.8, 4) is 0 Å². The van der Waals surface area contributed by atoms with Crippen molar-refractivity contribution in [2.45, 2.75) is 104 Å². The van der Waals surface area contributed by atoms with E-state index in [1.165, 1.54) is 13.0 Å². The first kappa shape index (κ1) is 24.7. The predicted molar refractivity (Wildman–Crippen MR) is 125 cm³/mol. The normalized spacial score (nSPS) is 39.0. The molecule has 0 bridgehead atoms. The lowest BCUT2D eigenvalue weighted by atomic mass is 9.56. The largest absolute Gasteiger partial charge is 0.462 e. The van der Waals surface area contributed by atoms with Crippen LogP contribution in [0, 0.1) is 11.3 Å². The van der Waals surface area contributed by atoms with Crippen molar-refractivity contribution in [2.75, 3.05) is 0 Å². The molecular weight excluding hydrogens is 436 g/mol. The van der Waals surface area contributed by atoms with E-state index in [4.69, 9.17) is 18.9 Å². The summed E-state index contributed by atoms with van der Waals surface area (Å²) in [5.74, 6) is -1.23. The van der Waals surface area contributed by atoms with Crippen molar-refractivity contribution < 1.29 is 33.3 Å². The van der Waals surface area contributed by atoms with Crippen LogP contribution in [0.4, 0.5) is 0 Å². The number of ether oxygens (including phenoxy) is 4. The fourth-order valence-corrected chi connectivity index (χ4v) is 6.23. The first-order valence-corrected chi connectivity index (χ1v) is 12.1. The average molecular weight is 473 g/mol. The van der Waals surface area contributed by atoms with Crippen LogP contribution in [0.15, 0.2) is 34.4 Å². The van der Waals surface area contributed by atoms with Gasteiger partial charge < -0.3 is 18.9 Å². The van der Waals surface area contributed by atoms with Crippen molar-refractivity contribution in [2.24, 2.45) is 11.3 Å². The maximum Gasteiger partial charge on any atom is 0.334 e. The smallest absolute Gasteiger partial charge is 0.334 e. The Morgan fingerprint density at radius 1 is 1.12 bits per heavy atom. The Balaban J connectivity index is 1.85. The number of hydrogen-bond donors (Lipinski definition) is 0. The Bertz CT molecular complexity index is 1000. The average Bonchev–Trinajstić information content (AvgIpc) is 3.31. The summed E-state index contributed by atoms with van der Waals surface area (Å²) in [7, 11) is 0. The molecule has 2 heterocycles. The molecule has 1 saturated heterocycles. The summed E-state index contributed by atoms with van der Waals surface area (Å²) in [6, 6.07) is 0. The van der Waals surface area contributed by atoms with E-state index in [1.807, 2.05) is 26.8 Å². The monoisotopic (exact) mass is 472 g/mol. The van der Waals surface area contributed by atoms with E-state index in [9.17, 15) is 14.4 Å². The van der Waals surface area contributed by atoms with E-state index >= 15 is 0 Å². The van der Waals surface area contributed by atoms with Crippen LogP contribution in [-0.4, -0.2) is 47.9 Å². The molecule has 0 aromatic rings. The van der Waals surface area contributed by atoms with E-state index in [0.29, 0.717) is 31.3 Å². The summed E-state index contributed by atoms with van der Waals surface area (Å²) in [6.45, 7) is 13.0. The molecule has 0 N–H and O–H groups in total. The molecule has 0 spiro atoms. The number of rotatable bonds is 3. The molecule has 4 rings (SSSR count). The minimum absolute atomic E-state index is 0.0540. The summed E-state index contributed by atoms with van der Waals surface area (Å²) in [6.07, 6.45) is 4.34. The molecule has 0 amide bonds. The first-order chi connectivity index (χ1) is 15.9. The van der Waals surface area contributed by atoms with Crippen LogP contribution in [-0.2, 0) is 33.3 Å². The minimum Gasteiger partial charge on any atom is -0.462 e. The second-order valence-corrected chi connectivity index (χ2v) is 10.9. The fourth-order valence-electron chi connectivity index (χ4n) is 6.23. The Morgan fingerprint density at radius 3 is 2.47 bits per heavy atom. The van der Waals surface area contributed by atoms with E-state index in [-0.39, 0.29) is 24.0 Å². The summed E-state index contributed by atoms with van der Waals surface area (Å²) in [4.78, 5) is 37.5. The van der Waals surface area contributed by atoms with Crippen LogP contribution in [0.1, 0.15) is 74.1 Å². The molecule has 7 atom stereocenters. The number of esters is 3. The number of hydrogen-bond acceptors (Lipinski definition) is 7. The highest BCUT2D eigenvalue weighted by Crippen LogP contribution is 2.63. The van der Waals surface area contributed by atoms with Gasteiger partial charge >= 0.3 is 17.9 Å². The molecule has 186 valence electrons. The summed E-state index contributed by atoms with van der Waals surface area (Å²) < 4.78 is 23.9. The van der Waals surface area contributed by atoms with Crippen molar-refractivity contribution in [3.05, 3.63) is 34.4 Å². The van der Waals surface area contributed by atoms with E-state index in [0.717, 1.165) is 16.7 Å². The maximum atomic E-state index is 12.8. The zero-order valence-corrected chi connectivity index (χ0v) is 21.2. The van der Waals surface area contributed by atoms with Gasteiger partial charge in [-0.3, -0.25) is 4.79 Å². The third-order valence-electron chi connectivity index (χ3n) is 8.24. The van der Waals surface area contributed by atoms with E-state index in [1.54, 1.807) is 6.92 Å². The Hall–Kier alpha value is -2.41. The van der Waals surface area contributed by atoms with Gasteiger partial charge in [-0.2, -0.15) is 0 Å². The molecular formula is C27H36O7. The van der Waals surface area contributed by atoms with Crippen LogP contribution in [0.2, 0.25) is 0 Å². The molecule has 1 saturated carbocycles. The lowest BCUT2D eigenvalue weighted by molar-refractivity contribution is -0.186. The summed E-state index contributed by atoms with van der Waals surface area (Å²) >= 11 is 0. The highest BCUT2D eigenvalue weighted by Gasteiger charge is 2.71. The maximum absolute atomic E-state index is 12.8. The van der Waals surface area contributed by atoms with Crippen LogP contribution in [0.5, 0.6) is 0 Å². The third-order valence-corrected chi connectivity index (χ3v) is 8.24. The molecule has 0 aromatic carbocycles. The number of allylic oxidation sites excluding steroid dienone is 2. The summed E-state index contributed by atoms with van der Waals surface area (Å²) in [5.41, 5.74) is 2.27. The zero-order valence-electron chi connectivity index (χ0n) is 21.2. The fraction of sp³-hybridized carbons (Fsp3) is 0.667. The van der Waals surface area contributed by atoms with Gasteiger partial charge in [0.05, 0.1) is 11.7 Å².